The van der Waals surface area contributed by atoms with Crippen molar-refractivity contribution in [2.45, 2.75) is 69.7 Å². The summed E-state index contributed by atoms with van der Waals surface area (Å²) in [5.74, 6) is 2.71. The van der Waals surface area contributed by atoms with Crippen molar-refractivity contribution in [2.24, 2.45) is 17.3 Å². The van der Waals surface area contributed by atoms with Gasteiger partial charge in [0.05, 0.1) is 12.6 Å². The van der Waals surface area contributed by atoms with Crippen LogP contribution in [0, 0.1) is 0 Å². The van der Waals surface area contributed by atoms with E-state index in [9.17, 15) is 34.2 Å². The predicted molar refractivity (Wildman–Crippen MR) is 150 cm³/mol. The first kappa shape index (κ1) is 34.8. The van der Waals surface area contributed by atoms with Gasteiger partial charge in [-0.1, -0.05) is 12.1 Å². The molecule has 15 nitrogen and oxygen atoms in total. The van der Waals surface area contributed by atoms with E-state index in [1.54, 1.807) is 12.1 Å². The predicted octanol–water partition coefficient (Wildman–Crippen LogP) is -2.74. The molecule has 0 fully saturated rings. The number of aliphatic hydroxyl groups is 1. The largest absolute Gasteiger partial charge is 0.508 e. The van der Waals surface area contributed by atoms with Crippen LogP contribution in [0.5, 0.6) is 5.75 Å². The maximum absolute atomic E-state index is 13.0. The smallest absolute Gasteiger partial charge is 0.243 e. The summed E-state index contributed by atoms with van der Waals surface area (Å²) in [7, 11) is 0. The summed E-state index contributed by atoms with van der Waals surface area (Å²) in [6.45, 7) is 1.21. The topological polar surface area (TPSA) is 264 Å². The fourth-order valence-electron chi connectivity index (χ4n) is 3.61. The number of aldehydes is 1. The number of hydrazine groups is 1. The maximum Gasteiger partial charge on any atom is 0.243 e. The Hall–Kier alpha value is -4.21. The molecule has 0 aliphatic heterocycles. The van der Waals surface area contributed by atoms with Crippen molar-refractivity contribution in [3.63, 3.8) is 0 Å². The zero-order chi connectivity index (χ0) is 30.8. The first-order chi connectivity index (χ1) is 19.5. The van der Waals surface area contributed by atoms with E-state index in [4.69, 9.17) is 17.3 Å². The minimum atomic E-state index is -1.15. The monoisotopic (exact) mass is 578 g/mol. The summed E-state index contributed by atoms with van der Waals surface area (Å²) >= 11 is 0. The lowest BCUT2D eigenvalue weighted by Crippen LogP contribution is -2.55. The average molecular weight is 579 g/mol. The van der Waals surface area contributed by atoms with Crippen LogP contribution in [0.2, 0.25) is 0 Å². The number of rotatable bonds is 19. The molecule has 1 rings (SSSR count). The van der Waals surface area contributed by atoms with Gasteiger partial charge in [-0.25, -0.2) is 0 Å². The highest BCUT2D eigenvalue weighted by atomic mass is 16.3. The van der Waals surface area contributed by atoms with Gasteiger partial charge in [-0.15, -0.1) is 0 Å². The Morgan fingerprint density at radius 3 is 2.20 bits per heavy atom. The summed E-state index contributed by atoms with van der Waals surface area (Å²) in [6, 6.07) is 2.79. The third kappa shape index (κ3) is 14.1. The van der Waals surface area contributed by atoms with Crippen molar-refractivity contribution in [3.8, 4) is 5.75 Å². The number of allylic oxidation sites excluding steroid dienone is 1. The third-order valence-corrected chi connectivity index (χ3v) is 5.93. The fraction of sp³-hybridized carbons (Fsp3) is 0.500. The van der Waals surface area contributed by atoms with Crippen molar-refractivity contribution >= 4 is 29.9 Å². The standard InChI is InChI=1S/C26H42N8O7/c1-16(36)22(15-35)34-26(41)20(4-2-3-11-27)32-24(39)14-30-25(40)21(12-17-5-8-19(37)9-6-17)33-23(38)10-7-18(28)13-31-29/h5-6,8-9,13,15-16,20-22,31,36-37H,2-4,7,10-12,14,27-29H2,1H3,(H,30,40)(H,32,39)(H,33,38)(H,34,41)/b18-13-/t16?,20-,21-,22?/m0/s1. The zero-order valence-corrected chi connectivity index (χ0v) is 23.1. The van der Waals surface area contributed by atoms with Crippen molar-refractivity contribution in [1.82, 2.24) is 26.7 Å². The van der Waals surface area contributed by atoms with E-state index in [0.29, 0.717) is 36.9 Å². The molecule has 4 amide bonds. The highest BCUT2D eigenvalue weighted by Gasteiger charge is 2.26. The number of nitrogens with one attached hydrogen (secondary N) is 5. The molecule has 15 heteroatoms. The maximum atomic E-state index is 13.0. The van der Waals surface area contributed by atoms with Gasteiger partial charge in [0.25, 0.3) is 0 Å². The highest BCUT2D eigenvalue weighted by Crippen LogP contribution is 2.12. The summed E-state index contributed by atoms with van der Waals surface area (Å²) in [6.07, 6.45) is 2.11. The first-order valence-corrected chi connectivity index (χ1v) is 13.2. The van der Waals surface area contributed by atoms with Gasteiger partial charge >= 0.3 is 0 Å². The van der Waals surface area contributed by atoms with Crippen molar-refractivity contribution in [2.75, 3.05) is 13.1 Å². The van der Waals surface area contributed by atoms with Crippen LogP contribution < -0.4 is 44.0 Å². The van der Waals surface area contributed by atoms with Crippen molar-refractivity contribution in [3.05, 3.63) is 41.7 Å². The van der Waals surface area contributed by atoms with Gasteiger partial charge in [0.15, 0.2) is 0 Å². The second-order valence-corrected chi connectivity index (χ2v) is 9.41. The molecule has 0 saturated heterocycles. The molecule has 0 aromatic heterocycles. The molecule has 0 saturated carbocycles. The fourth-order valence-corrected chi connectivity index (χ4v) is 3.61. The Morgan fingerprint density at radius 2 is 1.61 bits per heavy atom. The van der Waals surface area contributed by atoms with Gasteiger partial charge in [-0.3, -0.25) is 25.0 Å². The molecule has 13 N–H and O–H groups in total. The van der Waals surface area contributed by atoms with Crippen LogP contribution in [-0.2, 0) is 30.4 Å². The number of phenols is 1. The molecule has 1 aromatic rings. The van der Waals surface area contributed by atoms with Crippen LogP contribution in [-0.4, -0.2) is 77.4 Å². The summed E-state index contributed by atoms with van der Waals surface area (Å²) < 4.78 is 0. The number of unbranched alkanes of at least 4 members (excludes halogenated alkanes) is 1. The van der Waals surface area contributed by atoms with Crippen LogP contribution in [0.4, 0.5) is 0 Å². The quantitative estimate of drug-likeness (QED) is 0.0348. The minimum absolute atomic E-state index is 0.0301. The highest BCUT2D eigenvalue weighted by molar-refractivity contribution is 5.93. The Bertz CT molecular complexity index is 1030. The zero-order valence-electron chi connectivity index (χ0n) is 23.1. The average Bonchev–Trinajstić information content (AvgIpc) is 2.93. The molecule has 0 spiro atoms. The molecule has 41 heavy (non-hydrogen) atoms. The van der Waals surface area contributed by atoms with Crippen LogP contribution in [0.3, 0.4) is 0 Å². The Balaban J connectivity index is 2.88. The Kier molecular flexibility index (Phi) is 16.1. The lowest BCUT2D eigenvalue weighted by Gasteiger charge is -2.23. The van der Waals surface area contributed by atoms with Gasteiger partial charge in [-0.2, -0.15) is 0 Å². The van der Waals surface area contributed by atoms with Crippen molar-refractivity contribution < 1.29 is 34.2 Å². The molecule has 0 aliphatic carbocycles. The summed E-state index contributed by atoms with van der Waals surface area (Å²) in [5, 5.41) is 29.2. The number of amides is 4. The molecule has 2 unspecified atom stereocenters. The van der Waals surface area contributed by atoms with Crippen LogP contribution in [0.1, 0.15) is 44.6 Å². The molecular weight excluding hydrogens is 536 g/mol. The second-order valence-electron chi connectivity index (χ2n) is 9.41. The third-order valence-electron chi connectivity index (χ3n) is 5.93. The van der Waals surface area contributed by atoms with Crippen LogP contribution in [0.25, 0.3) is 0 Å². The molecule has 0 heterocycles. The molecule has 4 atom stereocenters. The number of aromatic hydroxyl groups is 1. The van der Waals surface area contributed by atoms with Gasteiger partial charge in [-0.05, 0) is 56.8 Å². The number of nitrogens with two attached hydrogens (primary N) is 3. The summed E-state index contributed by atoms with van der Waals surface area (Å²) in [5.41, 5.74) is 14.5. The van der Waals surface area contributed by atoms with Crippen LogP contribution in [0.15, 0.2) is 36.2 Å². The van der Waals surface area contributed by atoms with Gasteiger partial charge in [0.2, 0.25) is 23.6 Å². The van der Waals surface area contributed by atoms with E-state index in [0.717, 1.165) is 0 Å². The van der Waals surface area contributed by atoms with Crippen LogP contribution >= 0.6 is 0 Å². The molecule has 228 valence electrons. The number of hydrogen-bond acceptors (Lipinski definition) is 11. The Labute approximate surface area is 238 Å². The number of phenolic OH excluding ortho intramolecular Hbond substituents is 1. The molecule has 0 bridgehead atoms. The Morgan fingerprint density at radius 1 is 0.951 bits per heavy atom. The molecule has 1 aromatic carbocycles. The molecule has 0 aliphatic rings. The lowest BCUT2D eigenvalue weighted by molar-refractivity contribution is -0.132. The second kappa shape index (κ2) is 19.0. The number of benzene rings is 1. The molecular formula is C26H42N8O7. The number of carbonyl (C=O) groups is 5. The van der Waals surface area contributed by atoms with E-state index in [-0.39, 0.29) is 31.4 Å². The van der Waals surface area contributed by atoms with E-state index < -0.39 is 54.4 Å². The number of hydrogen-bond donors (Lipinski definition) is 10. The van der Waals surface area contributed by atoms with Gasteiger partial charge in [0, 0.05) is 24.7 Å². The normalized spacial score (nSPS) is 14.1. The van der Waals surface area contributed by atoms with Crippen molar-refractivity contribution in [1.29, 1.82) is 0 Å². The van der Waals surface area contributed by atoms with E-state index in [1.807, 2.05) is 0 Å². The molecule has 0 radical (unpaired) electrons. The van der Waals surface area contributed by atoms with E-state index in [1.165, 1.54) is 25.3 Å². The lowest BCUT2D eigenvalue weighted by atomic mass is 10.0. The number of carbonyl (C=O) groups excluding carboxylic acids is 5. The van der Waals surface area contributed by atoms with Gasteiger partial charge < -0.3 is 53.2 Å². The SMILES string of the molecule is CC(O)C(C=O)NC(=O)[C@H](CCCCN)NC(=O)CNC(=O)[C@H](Cc1ccc(O)cc1)NC(=O)CC/C(N)=C/NN. The minimum Gasteiger partial charge on any atom is -0.508 e. The number of aliphatic hydroxyl groups excluding tert-OH is 1. The van der Waals surface area contributed by atoms with E-state index >= 15 is 0 Å². The summed E-state index contributed by atoms with van der Waals surface area (Å²) in [4.78, 5) is 62.0. The van der Waals surface area contributed by atoms with Gasteiger partial charge in [0.1, 0.15) is 30.2 Å². The first-order valence-electron chi connectivity index (χ1n) is 13.2. The van der Waals surface area contributed by atoms with E-state index in [2.05, 4.69) is 26.7 Å².